The van der Waals surface area contributed by atoms with Crippen molar-refractivity contribution in [1.29, 1.82) is 0 Å². The van der Waals surface area contributed by atoms with Crippen LogP contribution in [0.1, 0.15) is 27.1 Å². The van der Waals surface area contributed by atoms with Gasteiger partial charge in [0, 0.05) is 18.3 Å². The largest absolute Gasteiger partial charge is 0.467 e. The highest BCUT2D eigenvalue weighted by Gasteiger charge is 2.33. The number of anilines is 1. The Balaban J connectivity index is 1.51. The van der Waals surface area contributed by atoms with Crippen molar-refractivity contribution in [1.82, 2.24) is 4.90 Å². The third-order valence-corrected chi connectivity index (χ3v) is 6.02. The maximum absolute atomic E-state index is 12.7. The van der Waals surface area contributed by atoms with Gasteiger partial charge < -0.3 is 14.2 Å². The minimum atomic E-state index is -0.0754. The van der Waals surface area contributed by atoms with Crippen molar-refractivity contribution in [3.63, 3.8) is 0 Å². The van der Waals surface area contributed by atoms with Gasteiger partial charge in [-0.3, -0.25) is 9.59 Å². The zero-order valence-corrected chi connectivity index (χ0v) is 16.3. The molecule has 1 aromatic heterocycles. The Morgan fingerprint density at radius 2 is 1.86 bits per heavy atom. The van der Waals surface area contributed by atoms with E-state index in [4.69, 9.17) is 4.42 Å². The molecular weight excluding hydrogens is 372 g/mol. The summed E-state index contributed by atoms with van der Waals surface area (Å²) in [6.07, 6.45) is 1.61. The third-order valence-electron chi connectivity index (χ3n) is 4.77. The van der Waals surface area contributed by atoms with Gasteiger partial charge in [-0.2, -0.15) is 0 Å². The molecule has 2 heterocycles. The van der Waals surface area contributed by atoms with Crippen molar-refractivity contribution in [2.24, 2.45) is 0 Å². The molecule has 0 aliphatic carbocycles. The van der Waals surface area contributed by atoms with E-state index in [1.807, 2.05) is 71.6 Å². The van der Waals surface area contributed by atoms with Gasteiger partial charge in [0.05, 0.1) is 18.6 Å². The predicted molar refractivity (Wildman–Crippen MR) is 110 cm³/mol. The molecule has 3 aromatic rings. The summed E-state index contributed by atoms with van der Waals surface area (Å²) in [5.74, 6) is 1.23. The Hall–Kier alpha value is -2.99. The van der Waals surface area contributed by atoms with Gasteiger partial charge in [0.25, 0.3) is 5.91 Å². The van der Waals surface area contributed by atoms with Crippen LogP contribution in [0.15, 0.2) is 77.4 Å². The van der Waals surface area contributed by atoms with Crippen LogP contribution in [-0.4, -0.2) is 29.5 Å². The van der Waals surface area contributed by atoms with Crippen LogP contribution in [0.4, 0.5) is 5.69 Å². The van der Waals surface area contributed by atoms with Crippen molar-refractivity contribution in [3.8, 4) is 0 Å². The molecule has 1 aliphatic rings. The number of amides is 2. The molecule has 28 heavy (non-hydrogen) atoms. The van der Waals surface area contributed by atoms with Crippen molar-refractivity contribution in [3.05, 3.63) is 89.9 Å². The highest BCUT2D eigenvalue weighted by molar-refractivity contribution is 8.00. The zero-order valence-electron chi connectivity index (χ0n) is 15.4. The molecule has 1 saturated heterocycles. The second-order valence-corrected chi connectivity index (χ2v) is 7.65. The van der Waals surface area contributed by atoms with E-state index in [9.17, 15) is 9.59 Å². The molecule has 1 aliphatic heterocycles. The van der Waals surface area contributed by atoms with Crippen LogP contribution in [0.5, 0.6) is 0 Å². The molecule has 1 atom stereocenters. The Morgan fingerprint density at radius 1 is 1.11 bits per heavy atom. The van der Waals surface area contributed by atoms with Crippen molar-refractivity contribution in [2.45, 2.75) is 11.9 Å². The fourth-order valence-electron chi connectivity index (χ4n) is 3.22. The maximum Gasteiger partial charge on any atom is 0.258 e. The van der Waals surface area contributed by atoms with Crippen LogP contribution >= 0.6 is 11.8 Å². The Bertz CT molecular complexity index is 955. The summed E-state index contributed by atoms with van der Waals surface area (Å²) in [5.41, 5.74) is 2.46. The monoisotopic (exact) mass is 392 g/mol. The Kier molecular flexibility index (Phi) is 5.21. The number of thioether (sulfide) groups is 1. The molecule has 142 valence electrons. The summed E-state index contributed by atoms with van der Waals surface area (Å²) in [4.78, 5) is 28.5. The van der Waals surface area contributed by atoms with Crippen LogP contribution < -0.4 is 4.90 Å². The lowest BCUT2D eigenvalue weighted by Crippen LogP contribution is -2.28. The summed E-state index contributed by atoms with van der Waals surface area (Å²) in [6, 6.07) is 20.7. The summed E-state index contributed by atoms with van der Waals surface area (Å²) < 4.78 is 5.39. The average molecular weight is 392 g/mol. The fraction of sp³-hybridized carbons (Fsp3) is 0.182. The maximum atomic E-state index is 12.7. The van der Waals surface area contributed by atoms with E-state index >= 15 is 0 Å². The minimum Gasteiger partial charge on any atom is -0.467 e. The van der Waals surface area contributed by atoms with E-state index in [1.165, 1.54) is 0 Å². The van der Waals surface area contributed by atoms with Gasteiger partial charge in [0.15, 0.2) is 0 Å². The number of benzene rings is 2. The van der Waals surface area contributed by atoms with Crippen molar-refractivity contribution >= 4 is 29.3 Å². The number of rotatable bonds is 5. The van der Waals surface area contributed by atoms with Crippen molar-refractivity contribution in [2.75, 3.05) is 17.7 Å². The van der Waals surface area contributed by atoms with Crippen LogP contribution in [-0.2, 0) is 11.3 Å². The average Bonchev–Trinajstić information content (AvgIpc) is 3.38. The SMILES string of the molecule is CN(C(=O)c1ccc([C@@H]2SCC(=O)N2Cc2ccco2)cc1)c1ccccc1. The lowest BCUT2D eigenvalue weighted by atomic mass is 10.1. The summed E-state index contributed by atoms with van der Waals surface area (Å²) in [7, 11) is 1.77. The zero-order chi connectivity index (χ0) is 19.5. The number of nitrogens with zero attached hydrogens (tertiary/aromatic N) is 2. The first-order valence-corrected chi connectivity index (χ1v) is 10.0. The lowest BCUT2D eigenvalue weighted by molar-refractivity contribution is -0.128. The number of furan rings is 1. The van der Waals surface area contributed by atoms with E-state index in [0.717, 1.165) is 17.0 Å². The van der Waals surface area contributed by atoms with Crippen molar-refractivity contribution < 1.29 is 14.0 Å². The molecule has 0 saturated carbocycles. The number of hydrogen-bond acceptors (Lipinski definition) is 4. The first-order chi connectivity index (χ1) is 13.6. The summed E-state index contributed by atoms with van der Waals surface area (Å²) in [6.45, 7) is 0.445. The van der Waals surface area contributed by atoms with E-state index in [2.05, 4.69) is 0 Å². The van der Waals surface area contributed by atoms with Gasteiger partial charge in [-0.25, -0.2) is 0 Å². The standard InChI is InChI=1S/C22H20N2O3S/c1-23(18-6-3-2-4-7-18)21(26)16-9-11-17(12-10-16)22-24(20(25)15-28-22)14-19-8-5-13-27-19/h2-13,22H,14-15H2,1H3/t22-/m0/s1. The van der Waals surface area contributed by atoms with E-state index in [0.29, 0.717) is 17.9 Å². The number of carbonyl (C=O) groups excluding carboxylic acids is 2. The van der Waals surface area contributed by atoms with Crippen LogP contribution in [0, 0.1) is 0 Å². The second kappa shape index (κ2) is 7.94. The predicted octanol–water partition coefficient (Wildman–Crippen LogP) is 4.33. The molecule has 2 amide bonds. The topological polar surface area (TPSA) is 53.8 Å². The Labute approximate surface area is 167 Å². The van der Waals surface area contributed by atoms with Gasteiger partial charge in [0.2, 0.25) is 5.91 Å². The van der Waals surface area contributed by atoms with Crippen LogP contribution in [0.25, 0.3) is 0 Å². The second-order valence-electron chi connectivity index (χ2n) is 6.59. The minimum absolute atomic E-state index is 0.0691. The van der Waals surface area contributed by atoms with Gasteiger partial charge in [-0.15, -0.1) is 11.8 Å². The third kappa shape index (κ3) is 3.68. The van der Waals surface area contributed by atoms with Gasteiger partial charge in [-0.1, -0.05) is 30.3 Å². The van der Waals surface area contributed by atoms with Gasteiger partial charge in [0.1, 0.15) is 11.1 Å². The molecular formula is C22H20N2O3S. The molecule has 6 heteroatoms. The molecule has 0 unspecified atom stereocenters. The van der Waals surface area contributed by atoms with E-state index in [1.54, 1.807) is 30.0 Å². The summed E-state index contributed by atoms with van der Waals surface area (Å²) >= 11 is 1.59. The molecule has 2 aromatic carbocycles. The smallest absolute Gasteiger partial charge is 0.258 e. The highest BCUT2D eigenvalue weighted by Crippen LogP contribution is 2.39. The molecule has 0 radical (unpaired) electrons. The molecule has 0 N–H and O–H groups in total. The first-order valence-electron chi connectivity index (χ1n) is 9.00. The molecule has 5 nitrogen and oxygen atoms in total. The highest BCUT2D eigenvalue weighted by atomic mass is 32.2. The van der Waals surface area contributed by atoms with Gasteiger partial charge >= 0.3 is 0 Å². The number of carbonyl (C=O) groups is 2. The Morgan fingerprint density at radius 3 is 2.54 bits per heavy atom. The van der Waals surface area contributed by atoms with Crippen LogP contribution in [0.3, 0.4) is 0 Å². The van der Waals surface area contributed by atoms with E-state index in [-0.39, 0.29) is 17.2 Å². The normalized spacial score (nSPS) is 16.4. The number of para-hydroxylation sites is 1. The number of hydrogen-bond donors (Lipinski definition) is 0. The fourth-order valence-corrected chi connectivity index (χ4v) is 4.41. The lowest BCUT2D eigenvalue weighted by Gasteiger charge is -2.23. The quantitative estimate of drug-likeness (QED) is 0.649. The van der Waals surface area contributed by atoms with E-state index < -0.39 is 0 Å². The molecule has 0 spiro atoms. The first kappa shape index (κ1) is 18.4. The van der Waals surface area contributed by atoms with Gasteiger partial charge in [-0.05, 0) is 42.0 Å². The summed E-state index contributed by atoms with van der Waals surface area (Å²) in [5, 5.41) is -0.0754. The molecule has 4 rings (SSSR count). The van der Waals surface area contributed by atoms with Crippen LogP contribution in [0.2, 0.25) is 0 Å². The molecule has 0 bridgehead atoms. The molecule has 1 fully saturated rings.